The number of hydrogen-bond acceptors (Lipinski definition) is 4. The molecule has 0 bridgehead atoms. The fourth-order valence-electron chi connectivity index (χ4n) is 2.28. The van der Waals surface area contributed by atoms with E-state index in [4.69, 9.17) is 5.73 Å². The van der Waals surface area contributed by atoms with Gasteiger partial charge in [0.25, 0.3) is 0 Å². The molecule has 1 atom stereocenters. The van der Waals surface area contributed by atoms with Crippen molar-refractivity contribution in [3.63, 3.8) is 0 Å². The van der Waals surface area contributed by atoms with Crippen molar-refractivity contribution in [2.75, 3.05) is 11.4 Å². The highest BCUT2D eigenvalue weighted by atomic mass is 79.9. The molecule has 0 saturated heterocycles. The molecule has 0 fully saturated rings. The third kappa shape index (κ3) is 2.38. The number of guanidine groups is 1. The van der Waals surface area contributed by atoms with E-state index in [2.05, 4.69) is 25.9 Å². The Morgan fingerprint density at radius 1 is 1.25 bits per heavy atom. The summed E-state index contributed by atoms with van der Waals surface area (Å²) in [6.07, 6.45) is 3.52. The fraction of sp³-hybridized carbons (Fsp3) is 0.143. The standard InChI is InChI=1S/C14H12BrFN4/c15-10-5-9(6-18-7-10)13-8-19-14(17)20(13)12-3-1-11(16)2-4-12/h1-7,13H,8H2,(H2,17,19). The molecule has 1 unspecified atom stereocenters. The van der Waals surface area contributed by atoms with Crippen molar-refractivity contribution in [2.24, 2.45) is 10.7 Å². The first-order valence-corrected chi connectivity index (χ1v) is 6.89. The SMILES string of the molecule is NC1=NCC(c2cncc(Br)c2)N1c1ccc(F)cc1. The van der Waals surface area contributed by atoms with Crippen LogP contribution in [0.1, 0.15) is 11.6 Å². The number of hydrogen-bond donors (Lipinski definition) is 1. The molecule has 1 aromatic heterocycles. The van der Waals surface area contributed by atoms with Crippen molar-refractivity contribution in [3.8, 4) is 0 Å². The maximum atomic E-state index is 13.0. The molecule has 102 valence electrons. The first-order chi connectivity index (χ1) is 9.65. The highest BCUT2D eigenvalue weighted by Gasteiger charge is 2.29. The summed E-state index contributed by atoms with van der Waals surface area (Å²) in [4.78, 5) is 10.3. The molecule has 0 aliphatic carbocycles. The first-order valence-electron chi connectivity index (χ1n) is 6.10. The summed E-state index contributed by atoms with van der Waals surface area (Å²) in [7, 11) is 0. The van der Waals surface area contributed by atoms with Crippen LogP contribution in [0.4, 0.5) is 10.1 Å². The molecule has 2 N–H and O–H groups in total. The van der Waals surface area contributed by atoms with Gasteiger partial charge in [-0.25, -0.2) is 4.39 Å². The lowest BCUT2D eigenvalue weighted by Crippen LogP contribution is -2.36. The van der Waals surface area contributed by atoms with Crippen molar-refractivity contribution in [2.45, 2.75) is 6.04 Å². The second kappa shape index (κ2) is 5.20. The maximum Gasteiger partial charge on any atom is 0.196 e. The van der Waals surface area contributed by atoms with Gasteiger partial charge in [0.2, 0.25) is 0 Å². The second-order valence-corrected chi connectivity index (χ2v) is 5.41. The Morgan fingerprint density at radius 3 is 2.70 bits per heavy atom. The van der Waals surface area contributed by atoms with Gasteiger partial charge >= 0.3 is 0 Å². The summed E-state index contributed by atoms with van der Waals surface area (Å²) in [6.45, 7) is 0.557. The quantitative estimate of drug-likeness (QED) is 0.918. The zero-order chi connectivity index (χ0) is 14.1. The molecule has 1 aliphatic rings. The van der Waals surface area contributed by atoms with Crippen LogP contribution < -0.4 is 10.6 Å². The number of aromatic nitrogens is 1. The Kier molecular flexibility index (Phi) is 3.40. The van der Waals surface area contributed by atoms with Crippen LogP contribution in [0.3, 0.4) is 0 Å². The van der Waals surface area contributed by atoms with E-state index in [1.807, 2.05) is 11.0 Å². The normalized spacial score (nSPS) is 18.2. The molecule has 0 spiro atoms. The van der Waals surface area contributed by atoms with Crippen molar-refractivity contribution in [1.29, 1.82) is 0 Å². The van der Waals surface area contributed by atoms with Crippen LogP contribution in [-0.4, -0.2) is 17.5 Å². The van der Waals surface area contributed by atoms with Crippen LogP contribution in [0, 0.1) is 5.82 Å². The van der Waals surface area contributed by atoms with Gasteiger partial charge < -0.3 is 10.6 Å². The highest BCUT2D eigenvalue weighted by molar-refractivity contribution is 9.10. The minimum Gasteiger partial charge on any atom is -0.369 e. The molecular weight excluding hydrogens is 323 g/mol. The molecule has 0 radical (unpaired) electrons. The van der Waals surface area contributed by atoms with Crippen molar-refractivity contribution in [1.82, 2.24) is 4.98 Å². The van der Waals surface area contributed by atoms with Crippen LogP contribution in [0.15, 0.2) is 52.2 Å². The lowest BCUT2D eigenvalue weighted by molar-refractivity contribution is 0.627. The number of aliphatic imine (C=N–C) groups is 1. The minimum absolute atomic E-state index is 0.0227. The average Bonchev–Trinajstić information content (AvgIpc) is 2.82. The average molecular weight is 335 g/mol. The number of nitrogens with two attached hydrogens (primary N) is 1. The predicted octanol–water partition coefficient (Wildman–Crippen LogP) is 2.86. The summed E-state index contributed by atoms with van der Waals surface area (Å²) < 4.78 is 13.9. The summed E-state index contributed by atoms with van der Waals surface area (Å²) >= 11 is 3.41. The van der Waals surface area contributed by atoms with Gasteiger partial charge in [0.1, 0.15) is 5.82 Å². The number of nitrogens with zero attached hydrogens (tertiary/aromatic N) is 3. The molecule has 0 saturated carbocycles. The van der Waals surface area contributed by atoms with E-state index in [9.17, 15) is 4.39 Å². The molecule has 4 nitrogen and oxygen atoms in total. The Balaban J connectivity index is 1.98. The lowest BCUT2D eigenvalue weighted by atomic mass is 10.1. The minimum atomic E-state index is -0.274. The molecule has 2 aromatic rings. The number of anilines is 1. The number of benzene rings is 1. The Hall–Kier alpha value is -1.95. The number of rotatable bonds is 2. The Labute approximate surface area is 124 Å². The summed E-state index contributed by atoms with van der Waals surface area (Å²) in [5.74, 6) is 0.158. The smallest absolute Gasteiger partial charge is 0.196 e. The molecule has 3 rings (SSSR count). The van der Waals surface area contributed by atoms with E-state index in [1.54, 1.807) is 24.5 Å². The van der Waals surface area contributed by atoms with Gasteiger partial charge in [0, 0.05) is 22.6 Å². The van der Waals surface area contributed by atoms with E-state index in [0.717, 1.165) is 15.7 Å². The van der Waals surface area contributed by atoms with Gasteiger partial charge in [0.05, 0.1) is 12.6 Å². The van der Waals surface area contributed by atoms with E-state index >= 15 is 0 Å². The summed E-state index contributed by atoms with van der Waals surface area (Å²) in [5.41, 5.74) is 7.79. The van der Waals surface area contributed by atoms with Gasteiger partial charge in [-0.2, -0.15) is 0 Å². The second-order valence-electron chi connectivity index (χ2n) is 4.50. The molecular formula is C14H12BrFN4. The molecule has 0 amide bonds. The summed E-state index contributed by atoms with van der Waals surface area (Å²) in [5, 5.41) is 0. The van der Waals surface area contributed by atoms with E-state index in [1.165, 1.54) is 12.1 Å². The van der Waals surface area contributed by atoms with Gasteiger partial charge in [-0.05, 0) is 51.8 Å². The van der Waals surface area contributed by atoms with Crippen molar-refractivity contribution >= 4 is 27.6 Å². The Bertz CT molecular complexity index is 656. The van der Waals surface area contributed by atoms with Crippen LogP contribution in [0.25, 0.3) is 0 Å². The third-order valence-electron chi connectivity index (χ3n) is 3.20. The van der Waals surface area contributed by atoms with E-state index in [0.29, 0.717) is 12.5 Å². The van der Waals surface area contributed by atoms with E-state index in [-0.39, 0.29) is 11.9 Å². The largest absolute Gasteiger partial charge is 0.369 e. The predicted molar refractivity (Wildman–Crippen MR) is 80.0 cm³/mol. The van der Waals surface area contributed by atoms with Gasteiger partial charge in [0.15, 0.2) is 5.96 Å². The van der Waals surface area contributed by atoms with Gasteiger partial charge in [-0.3, -0.25) is 9.98 Å². The van der Waals surface area contributed by atoms with Crippen LogP contribution in [0.2, 0.25) is 0 Å². The van der Waals surface area contributed by atoms with Crippen molar-refractivity contribution < 1.29 is 4.39 Å². The first kappa shape index (κ1) is 13.1. The Morgan fingerprint density at radius 2 is 2.00 bits per heavy atom. The number of halogens is 2. The summed E-state index contributed by atoms with van der Waals surface area (Å²) in [6, 6.07) is 8.19. The topological polar surface area (TPSA) is 54.5 Å². The zero-order valence-corrected chi connectivity index (χ0v) is 12.1. The molecule has 1 aliphatic heterocycles. The zero-order valence-electron chi connectivity index (χ0n) is 10.5. The van der Waals surface area contributed by atoms with E-state index < -0.39 is 0 Å². The van der Waals surface area contributed by atoms with Crippen molar-refractivity contribution in [3.05, 3.63) is 58.6 Å². The van der Waals surface area contributed by atoms with Crippen LogP contribution in [-0.2, 0) is 0 Å². The monoisotopic (exact) mass is 334 g/mol. The van der Waals surface area contributed by atoms with Gasteiger partial charge in [-0.1, -0.05) is 0 Å². The van der Waals surface area contributed by atoms with Crippen LogP contribution >= 0.6 is 15.9 Å². The highest BCUT2D eigenvalue weighted by Crippen LogP contribution is 2.31. The lowest BCUT2D eigenvalue weighted by Gasteiger charge is -2.26. The molecule has 1 aromatic carbocycles. The van der Waals surface area contributed by atoms with Crippen LogP contribution in [0.5, 0.6) is 0 Å². The molecule has 20 heavy (non-hydrogen) atoms. The molecule has 6 heteroatoms. The number of pyridine rings is 1. The third-order valence-corrected chi connectivity index (χ3v) is 3.63. The van der Waals surface area contributed by atoms with Gasteiger partial charge in [-0.15, -0.1) is 0 Å². The fourth-order valence-corrected chi connectivity index (χ4v) is 2.66. The maximum absolute atomic E-state index is 13.0. The molecule has 2 heterocycles.